The topological polar surface area (TPSA) is 9.72 Å². The number of hydrogen-bond donors (Lipinski definition) is 0. The van der Waals surface area contributed by atoms with Crippen LogP contribution in [0.25, 0.3) is 27.6 Å². The van der Waals surface area contributed by atoms with Gasteiger partial charge in [0.05, 0.1) is 0 Å². The number of rotatable bonds is 5. The zero-order chi connectivity index (χ0) is 18.9. The van der Waals surface area contributed by atoms with Gasteiger partial charge in [-0.05, 0) is 39.3 Å². The number of hydrogen-bond acceptors (Lipinski definition) is 3. The maximum absolute atomic E-state index is 2.39. The van der Waals surface area contributed by atoms with E-state index in [9.17, 15) is 0 Å². The molecule has 0 saturated carbocycles. The Labute approximate surface area is 158 Å². The van der Waals surface area contributed by atoms with E-state index in [1.807, 2.05) is 0 Å². The standard InChI is InChI=1S/C22H29N3P/c1-23(2)26(24(3)4,25(5)6)16-15-19-17-18-11-7-8-12-20(18)22-14-10-9-13-21(19)22/h7-17H,1-6H3/q+1/b16-15+. The second-order valence-corrected chi connectivity index (χ2v) is 11.1. The molecule has 0 heterocycles. The first kappa shape index (κ1) is 19.0. The zero-order valence-electron chi connectivity index (χ0n) is 16.6. The molecule has 4 heteroatoms. The first-order valence-corrected chi connectivity index (χ1v) is 10.6. The maximum Gasteiger partial charge on any atom is 0.253 e. The highest BCUT2D eigenvalue weighted by Gasteiger charge is 2.45. The highest BCUT2D eigenvalue weighted by molar-refractivity contribution is 7.72. The van der Waals surface area contributed by atoms with Crippen LogP contribution in [-0.2, 0) is 0 Å². The van der Waals surface area contributed by atoms with E-state index in [-0.39, 0.29) is 0 Å². The Morgan fingerprint density at radius 2 is 1.15 bits per heavy atom. The van der Waals surface area contributed by atoms with E-state index in [4.69, 9.17) is 0 Å². The molecule has 0 N–H and O–H groups in total. The van der Waals surface area contributed by atoms with Crippen LogP contribution in [0.4, 0.5) is 0 Å². The van der Waals surface area contributed by atoms with Crippen molar-refractivity contribution in [3.05, 3.63) is 66.0 Å². The van der Waals surface area contributed by atoms with Gasteiger partial charge in [0, 0.05) is 42.3 Å². The number of nitrogens with zero attached hydrogens (tertiary/aromatic N) is 3. The van der Waals surface area contributed by atoms with Crippen LogP contribution < -0.4 is 0 Å². The van der Waals surface area contributed by atoms with Crippen molar-refractivity contribution in [1.29, 1.82) is 0 Å². The Morgan fingerprint density at radius 3 is 1.73 bits per heavy atom. The second-order valence-electron chi connectivity index (χ2n) is 7.20. The summed E-state index contributed by atoms with van der Waals surface area (Å²) in [5.41, 5.74) is 1.27. The van der Waals surface area contributed by atoms with E-state index in [1.54, 1.807) is 0 Å². The van der Waals surface area contributed by atoms with Gasteiger partial charge in [-0.1, -0.05) is 48.5 Å². The lowest BCUT2D eigenvalue weighted by molar-refractivity contribution is 0.472. The van der Waals surface area contributed by atoms with Crippen molar-refractivity contribution in [2.75, 3.05) is 42.3 Å². The molecule has 0 aliphatic heterocycles. The largest absolute Gasteiger partial charge is 0.253 e. The lowest BCUT2D eigenvalue weighted by Gasteiger charge is -2.37. The molecule has 0 bridgehead atoms. The van der Waals surface area contributed by atoms with Crippen LogP contribution in [0, 0.1) is 0 Å². The van der Waals surface area contributed by atoms with Gasteiger partial charge >= 0.3 is 0 Å². The monoisotopic (exact) mass is 366 g/mol. The van der Waals surface area contributed by atoms with Crippen LogP contribution in [-0.4, -0.2) is 56.3 Å². The molecule has 3 rings (SSSR count). The Balaban J connectivity index is 2.22. The molecule has 0 spiro atoms. The van der Waals surface area contributed by atoms with Gasteiger partial charge in [0.25, 0.3) is 7.71 Å². The highest BCUT2D eigenvalue weighted by Crippen LogP contribution is 2.65. The smallest absolute Gasteiger partial charge is 0.151 e. The molecule has 0 aromatic heterocycles. The maximum atomic E-state index is 2.39. The van der Waals surface area contributed by atoms with Gasteiger partial charge in [0.2, 0.25) is 0 Å². The summed E-state index contributed by atoms with van der Waals surface area (Å²) in [7, 11) is 11.3. The molecule has 0 unspecified atom stereocenters. The average Bonchev–Trinajstić information content (AvgIpc) is 2.61. The summed E-state index contributed by atoms with van der Waals surface area (Å²) in [5, 5.41) is 5.22. The van der Waals surface area contributed by atoms with Crippen molar-refractivity contribution in [2.45, 2.75) is 0 Å². The number of fused-ring (bicyclic) bond motifs is 3. The zero-order valence-corrected chi connectivity index (χ0v) is 17.5. The molecule has 136 valence electrons. The molecule has 3 nitrogen and oxygen atoms in total. The Hall–Kier alpha value is -1.77. The first-order valence-electron chi connectivity index (χ1n) is 8.90. The molecule has 3 aromatic rings. The third-order valence-corrected chi connectivity index (χ3v) is 9.10. The molecule has 26 heavy (non-hydrogen) atoms. The summed E-state index contributed by atoms with van der Waals surface area (Å²) in [4.78, 5) is 0. The highest BCUT2D eigenvalue weighted by atomic mass is 31.2. The molecule has 3 aromatic carbocycles. The van der Waals surface area contributed by atoms with E-state index < -0.39 is 7.71 Å². The molecule has 0 aliphatic rings. The molecule has 0 atom stereocenters. The van der Waals surface area contributed by atoms with Crippen LogP contribution in [0.1, 0.15) is 5.56 Å². The van der Waals surface area contributed by atoms with Crippen LogP contribution in [0.3, 0.4) is 0 Å². The van der Waals surface area contributed by atoms with Gasteiger partial charge in [-0.15, -0.1) is 0 Å². The fourth-order valence-electron chi connectivity index (χ4n) is 3.87. The second kappa shape index (κ2) is 7.46. The van der Waals surface area contributed by atoms with E-state index in [0.717, 1.165) is 0 Å². The van der Waals surface area contributed by atoms with Crippen molar-refractivity contribution in [3.8, 4) is 0 Å². The predicted molar refractivity (Wildman–Crippen MR) is 118 cm³/mol. The first-order chi connectivity index (χ1) is 12.4. The summed E-state index contributed by atoms with van der Waals surface area (Å²) in [5.74, 6) is 2.39. The minimum Gasteiger partial charge on any atom is -0.151 e. The van der Waals surface area contributed by atoms with Crippen LogP contribution in [0.5, 0.6) is 0 Å². The van der Waals surface area contributed by atoms with Gasteiger partial charge in [-0.3, -0.25) is 0 Å². The van der Waals surface area contributed by atoms with E-state index in [0.29, 0.717) is 0 Å². The molecule has 0 amide bonds. The summed E-state index contributed by atoms with van der Waals surface area (Å²) < 4.78 is 7.02. The predicted octanol–water partition coefficient (Wildman–Crippen LogP) is 5.41. The Morgan fingerprint density at radius 1 is 0.654 bits per heavy atom. The summed E-state index contributed by atoms with van der Waals surface area (Å²) in [6, 6.07) is 19.6. The third-order valence-electron chi connectivity index (χ3n) is 5.02. The lowest BCUT2D eigenvalue weighted by atomic mass is 9.97. The molecule has 0 fully saturated rings. The summed E-state index contributed by atoms with van der Waals surface area (Å²) in [6.45, 7) is 0. The number of benzene rings is 3. The Bertz CT molecular complexity index is 923. The third kappa shape index (κ3) is 3.17. The van der Waals surface area contributed by atoms with Crippen molar-refractivity contribution in [2.24, 2.45) is 0 Å². The minimum atomic E-state index is -1.70. The van der Waals surface area contributed by atoms with Gasteiger partial charge in [-0.25, -0.2) is 0 Å². The SMILES string of the molecule is CN(C)[P+](/C=C/c1cc2ccccc2c2ccccc12)(N(C)C)N(C)C. The molecule has 0 aliphatic carbocycles. The molecular weight excluding hydrogens is 337 g/mol. The van der Waals surface area contributed by atoms with E-state index >= 15 is 0 Å². The van der Waals surface area contributed by atoms with Crippen molar-refractivity contribution >= 4 is 35.3 Å². The van der Waals surface area contributed by atoms with Crippen LogP contribution in [0.2, 0.25) is 0 Å². The fraction of sp³-hybridized carbons (Fsp3) is 0.273. The van der Waals surface area contributed by atoms with Gasteiger partial charge in [0.15, 0.2) is 0 Å². The Kier molecular flexibility index (Phi) is 5.45. The van der Waals surface area contributed by atoms with Crippen molar-refractivity contribution in [1.82, 2.24) is 14.0 Å². The van der Waals surface area contributed by atoms with Crippen LogP contribution >= 0.6 is 7.71 Å². The summed E-state index contributed by atoms with van der Waals surface area (Å²) in [6.07, 6.45) is 2.31. The van der Waals surface area contributed by atoms with Gasteiger partial charge in [-0.2, -0.15) is 14.0 Å². The van der Waals surface area contributed by atoms with Gasteiger partial charge < -0.3 is 0 Å². The van der Waals surface area contributed by atoms with Crippen molar-refractivity contribution in [3.63, 3.8) is 0 Å². The van der Waals surface area contributed by atoms with E-state index in [1.165, 1.54) is 27.1 Å². The van der Waals surface area contributed by atoms with Gasteiger partial charge in [0.1, 0.15) is 5.82 Å². The normalized spacial score (nSPS) is 13.1. The quantitative estimate of drug-likeness (QED) is 0.441. The molecular formula is C22H29N3P+. The van der Waals surface area contributed by atoms with Crippen LogP contribution in [0.15, 0.2) is 60.4 Å². The minimum absolute atomic E-state index is 1.27. The van der Waals surface area contributed by atoms with E-state index in [2.05, 4.69) is 123 Å². The van der Waals surface area contributed by atoms with Crippen molar-refractivity contribution < 1.29 is 0 Å². The molecule has 0 radical (unpaired) electrons. The summed E-state index contributed by atoms with van der Waals surface area (Å²) >= 11 is 0. The fourth-order valence-corrected chi connectivity index (χ4v) is 7.18. The average molecular weight is 366 g/mol. The molecule has 0 saturated heterocycles. The lowest BCUT2D eigenvalue weighted by Crippen LogP contribution is -2.34.